The number of aromatic hydroxyl groups is 1. The van der Waals surface area contributed by atoms with Crippen LogP contribution in [0.25, 0.3) is 11.0 Å². The fourth-order valence-corrected chi connectivity index (χ4v) is 4.45. The second-order valence-corrected chi connectivity index (χ2v) is 8.14. The second-order valence-electron chi connectivity index (χ2n) is 8.14. The summed E-state index contributed by atoms with van der Waals surface area (Å²) in [6, 6.07) is 16.2. The molecule has 1 saturated heterocycles. The van der Waals surface area contributed by atoms with E-state index in [4.69, 9.17) is 0 Å². The number of pyridine rings is 1. The standard InChI is InChI=1S/C25H19N5O3/c31-17-6-3-15(4-7-17)29-10-12-30(13-11-29)16-5-8-19-20(14-16)28-23-22(27-19)24(32)18-2-1-9-26-21(18)25(23)33/h1-9,14,31H,10-13H2. The van der Waals surface area contributed by atoms with Crippen molar-refractivity contribution in [3.63, 3.8) is 0 Å². The van der Waals surface area contributed by atoms with Gasteiger partial charge in [-0.05, 0) is 54.6 Å². The molecule has 1 N–H and O–H groups in total. The second kappa shape index (κ2) is 7.37. The highest BCUT2D eigenvalue weighted by Gasteiger charge is 2.33. The third-order valence-corrected chi connectivity index (χ3v) is 6.21. The van der Waals surface area contributed by atoms with Crippen molar-refractivity contribution in [2.45, 2.75) is 0 Å². The van der Waals surface area contributed by atoms with Crippen LogP contribution >= 0.6 is 0 Å². The molecule has 8 heteroatoms. The van der Waals surface area contributed by atoms with Gasteiger partial charge >= 0.3 is 0 Å². The Morgan fingerprint density at radius 1 is 0.697 bits per heavy atom. The van der Waals surface area contributed by atoms with Gasteiger partial charge < -0.3 is 14.9 Å². The number of hydrogen-bond acceptors (Lipinski definition) is 8. The molecule has 1 aliphatic carbocycles. The fourth-order valence-electron chi connectivity index (χ4n) is 4.45. The van der Waals surface area contributed by atoms with Gasteiger partial charge in [-0.15, -0.1) is 0 Å². The first-order valence-electron chi connectivity index (χ1n) is 10.7. The Morgan fingerprint density at radius 2 is 1.33 bits per heavy atom. The van der Waals surface area contributed by atoms with Crippen molar-refractivity contribution in [1.29, 1.82) is 0 Å². The number of carbonyl (C=O) groups excluding carboxylic acids is 2. The molecule has 2 aromatic carbocycles. The Morgan fingerprint density at radius 3 is 2.09 bits per heavy atom. The molecule has 1 aliphatic heterocycles. The van der Waals surface area contributed by atoms with Gasteiger partial charge in [0.2, 0.25) is 11.6 Å². The zero-order valence-corrected chi connectivity index (χ0v) is 17.6. The number of phenols is 1. The number of aromatic nitrogens is 3. The van der Waals surface area contributed by atoms with E-state index in [1.165, 1.54) is 6.20 Å². The van der Waals surface area contributed by atoms with E-state index in [0.717, 1.165) is 37.6 Å². The third-order valence-electron chi connectivity index (χ3n) is 6.21. The van der Waals surface area contributed by atoms with Crippen LogP contribution < -0.4 is 9.80 Å². The molecule has 0 radical (unpaired) electrons. The van der Waals surface area contributed by atoms with Gasteiger partial charge in [0.15, 0.2) is 0 Å². The monoisotopic (exact) mass is 437 g/mol. The predicted octanol–water partition coefficient (Wildman–Crippen LogP) is 2.83. The van der Waals surface area contributed by atoms with Crippen LogP contribution in [0.2, 0.25) is 0 Å². The van der Waals surface area contributed by atoms with Gasteiger partial charge in [0, 0.05) is 43.8 Å². The van der Waals surface area contributed by atoms with Crippen LogP contribution in [0.3, 0.4) is 0 Å². The molecule has 0 atom stereocenters. The molecule has 2 aromatic heterocycles. The van der Waals surface area contributed by atoms with Crippen LogP contribution in [0.5, 0.6) is 5.75 Å². The lowest BCUT2D eigenvalue weighted by Gasteiger charge is -2.37. The Bertz CT molecular complexity index is 1430. The normalized spacial score (nSPS) is 15.5. The van der Waals surface area contributed by atoms with Gasteiger partial charge in [-0.3, -0.25) is 14.6 Å². The zero-order chi connectivity index (χ0) is 22.5. The quantitative estimate of drug-likeness (QED) is 0.450. The predicted molar refractivity (Wildman–Crippen MR) is 123 cm³/mol. The van der Waals surface area contributed by atoms with Crippen molar-refractivity contribution in [3.8, 4) is 5.75 Å². The molecule has 33 heavy (non-hydrogen) atoms. The van der Waals surface area contributed by atoms with E-state index in [1.54, 1.807) is 24.3 Å². The average molecular weight is 437 g/mol. The highest BCUT2D eigenvalue weighted by atomic mass is 16.3. The summed E-state index contributed by atoms with van der Waals surface area (Å²) >= 11 is 0. The van der Waals surface area contributed by atoms with Crippen molar-refractivity contribution in [1.82, 2.24) is 15.0 Å². The summed E-state index contributed by atoms with van der Waals surface area (Å²) in [7, 11) is 0. The summed E-state index contributed by atoms with van der Waals surface area (Å²) < 4.78 is 0. The van der Waals surface area contributed by atoms with E-state index in [2.05, 4.69) is 24.8 Å². The van der Waals surface area contributed by atoms with E-state index in [-0.39, 0.29) is 40.0 Å². The van der Waals surface area contributed by atoms with Crippen molar-refractivity contribution >= 4 is 34.0 Å². The topological polar surface area (TPSA) is 99.5 Å². The lowest BCUT2D eigenvalue weighted by Crippen LogP contribution is -2.46. The van der Waals surface area contributed by atoms with E-state index in [1.807, 2.05) is 30.3 Å². The molecular formula is C25H19N5O3. The number of anilines is 2. The molecular weight excluding hydrogens is 418 g/mol. The summed E-state index contributed by atoms with van der Waals surface area (Å²) in [6.07, 6.45) is 1.50. The molecule has 1 fully saturated rings. The Kier molecular flexibility index (Phi) is 4.33. The average Bonchev–Trinajstić information content (AvgIpc) is 2.87. The fraction of sp³-hybridized carbons (Fsp3) is 0.160. The number of benzene rings is 2. The highest BCUT2D eigenvalue weighted by molar-refractivity contribution is 6.26. The van der Waals surface area contributed by atoms with E-state index in [9.17, 15) is 14.7 Å². The van der Waals surface area contributed by atoms with E-state index < -0.39 is 0 Å². The molecule has 0 spiro atoms. The van der Waals surface area contributed by atoms with Crippen LogP contribution in [0.1, 0.15) is 32.2 Å². The smallest absolute Gasteiger partial charge is 0.232 e. The minimum absolute atomic E-state index is 0.0630. The lowest BCUT2D eigenvalue weighted by molar-refractivity contribution is 0.0968. The number of fused-ring (bicyclic) bond motifs is 3. The highest BCUT2D eigenvalue weighted by Crippen LogP contribution is 2.28. The molecule has 162 valence electrons. The van der Waals surface area contributed by atoms with Gasteiger partial charge in [-0.25, -0.2) is 9.97 Å². The van der Waals surface area contributed by atoms with Crippen LogP contribution in [0.15, 0.2) is 60.8 Å². The van der Waals surface area contributed by atoms with Crippen molar-refractivity contribution < 1.29 is 14.7 Å². The first-order valence-corrected chi connectivity index (χ1v) is 10.7. The maximum Gasteiger partial charge on any atom is 0.232 e. The van der Waals surface area contributed by atoms with Gasteiger partial charge in [0.05, 0.1) is 16.6 Å². The van der Waals surface area contributed by atoms with Gasteiger partial charge in [0.1, 0.15) is 22.8 Å². The summed E-state index contributed by atoms with van der Waals surface area (Å²) in [4.78, 5) is 43.4. The summed E-state index contributed by atoms with van der Waals surface area (Å²) in [6.45, 7) is 3.32. The van der Waals surface area contributed by atoms with Crippen molar-refractivity contribution in [2.75, 3.05) is 36.0 Å². The summed E-state index contributed by atoms with van der Waals surface area (Å²) in [5.74, 6) is -0.435. The molecule has 4 aromatic rings. The van der Waals surface area contributed by atoms with Gasteiger partial charge in [0.25, 0.3) is 0 Å². The van der Waals surface area contributed by atoms with E-state index >= 15 is 0 Å². The molecule has 3 heterocycles. The van der Waals surface area contributed by atoms with Crippen molar-refractivity contribution in [3.05, 3.63) is 83.4 Å². The number of piperazine rings is 1. The maximum atomic E-state index is 12.9. The largest absolute Gasteiger partial charge is 0.508 e. The van der Waals surface area contributed by atoms with Crippen LogP contribution in [0.4, 0.5) is 11.4 Å². The number of nitrogens with zero attached hydrogens (tertiary/aromatic N) is 5. The van der Waals surface area contributed by atoms with Gasteiger partial charge in [-0.1, -0.05) is 0 Å². The zero-order valence-electron chi connectivity index (χ0n) is 17.6. The minimum atomic E-state index is -0.373. The number of rotatable bonds is 2. The number of hydrogen-bond donors (Lipinski definition) is 1. The molecule has 0 saturated carbocycles. The van der Waals surface area contributed by atoms with Crippen LogP contribution in [-0.2, 0) is 0 Å². The van der Waals surface area contributed by atoms with Gasteiger partial charge in [-0.2, -0.15) is 0 Å². The molecule has 0 unspecified atom stereocenters. The molecule has 0 bridgehead atoms. The SMILES string of the molecule is O=C1c2cccnc2C(=O)c2nc3cc(N4CCN(c5ccc(O)cc5)CC4)ccc3nc21. The maximum absolute atomic E-state index is 12.9. The first kappa shape index (κ1) is 19.4. The first-order chi connectivity index (χ1) is 16.1. The Hall–Kier alpha value is -4.33. The number of carbonyl (C=O) groups is 2. The summed E-state index contributed by atoms with van der Waals surface area (Å²) in [5.41, 5.74) is 3.78. The number of phenolic OH excluding ortho intramolecular Hbond substituents is 1. The van der Waals surface area contributed by atoms with E-state index in [0.29, 0.717) is 11.0 Å². The molecule has 2 aliphatic rings. The number of ketones is 2. The summed E-state index contributed by atoms with van der Waals surface area (Å²) in [5, 5.41) is 9.50. The Balaban J connectivity index is 1.29. The molecule has 6 rings (SSSR count). The van der Waals surface area contributed by atoms with Crippen LogP contribution in [-0.4, -0.2) is 57.8 Å². The lowest BCUT2D eigenvalue weighted by atomic mass is 9.93. The van der Waals surface area contributed by atoms with Crippen molar-refractivity contribution in [2.24, 2.45) is 0 Å². The third kappa shape index (κ3) is 3.18. The minimum Gasteiger partial charge on any atom is -0.508 e. The molecule has 0 amide bonds. The Labute approximate surface area is 189 Å². The molecule has 8 nitrogen and oxygen atoms in total. The van der Waals surface area contributed by atoms with Crippen LogP contribution in [0, 0.1) is 0 Å².